The highest BCUT2D eigenvalue weighted by Gasteiger charge is 2.31. The standard InChI is InChI=1S/C23H38N4O3/c1-19(24-7-3-21(4-8-24)26-11-15-29-16-12-26)23(28)20(2)25-9-5-22(6-10-25)27-13-17-30-18-14-27/h3,5,19-20H,4,6-18H2,1-2H3. The first kappa shape index (κ1) is 21.8. The third-order valence-electron chi connectivity index (χ3n) is 7.19. The van der Waals surface area contributed by atoms with Crippen molar-refractivity contribution in [3.8, 4) is 0 Å². The van der Waals surface area contributed by atoms with Crippen LogP contribution in [0.2, 0.25) is 0 Å². The molecule has 0 amide bonds. The van der Waals surface area contributed by atoms with Crippen LogP contribution in [0.5, 0.6) is 0 Å². The van der Waals surface area contributed by atoms with Crippen molar-refractivity contribution < 1.29 is 14.3 Å². The zero-order valence-corrected chi connectivity index (χ0v) is 18.7. The van der Waals surface area contributed by atoms with Gasteiger partial charge in [0, 0.05) is 63.8 Å². The third-order valence-corrected chi connectivity index (χ3v) is 7.19. The topological polar surface area (TPSA) is 48.5 Å². The summed E-state index contributed by atoms with van der Waals surface area (Å²) in [4.78, 5) is 22.8. The van der Waals surface area contributed by atoms with Gasteiger partial charge in [-0.15, -0.1) is 0 Å². The summed E-state index contributed by atoms with van der Waals surface area (Å²) in [7, 11) is 0. The molecule has 30 heavy (non-hydrogen) atoms. The minimum absolute atomic E-state index is 0.0351. The van der Waals surface area contributed by atoms with Gasteiger partial charge in [-0.25, -0.2) is 0 Å². The van der Waals surface area contributed by atoms with Gasteiger partial charge in [-0.1, -0.05) is 12.2 Å². The lowest BCUT2D eigenvalue weighted by Gasteiger charge is -2.40. The van der Waals surface area contributed by atoms with Crippen LogP contribution in [0.1, 0.15) is 26.7 Å². The molecule has 7 nitrogen and oxygen atoms in total. The fraction of sp³-hybridized carbons (Fsp3) is 0.783. The highest BCUT2D eigenvalue weighted by molar-refractivity contribution is 5.88. The van der Waals surface area contributed by atoms with E-state index in [2.05, 4.69) is 45.6 Å². The molecule has 2 unspecified atom stereocenters. The quantitative estimate of drug-likeness (QED) is 0.642. The normalized spacial score (nSPS) is 26.7. The zero-order valence-electron chi connectivity index (χ0n) is 18.7. The van der Waals surface area contributed by atoms with Crippen LogP contribution < -0.4 is 0 Å². The van der Waals surface area contributed by atoms with Crippen molar-refractivity contribution in [2.24, 2.45) is 0 Å². The van der Waals surface area contributed by atoms with Crippen LogP contribution in [0.3, 0.4) is 0 Å². The lowest BCUT2D eigenvalue weighted by molar-refractivity contribution is -0.128. The average Bonchev–Trinajstić information content (AvgIpc) is 2.84. The van der Waals surface area contributed by atoms with E-state index in [1.807, 2.05) is 0 Å². The van der Waals surface area contributed by atoms with E-state index in [4.69, 9.17) is 9.47 Å². The summed E-state index contributed by atoms with van der Waals surface area (Å²) in [6.45, 7) is 15.1. The lowest BCUT2D eigenvalue weighted by atomic mass is 10.0. The molecule has 2 fully saturated rings. The number of hydrogen-bond acceptors (Lipinski definition) is 7. The fourth-order valence-electron chi connectivity index (χ4n) is 5.04. The SMILES string of the molecule is CC(C(=O)C(C)N1CC=C(N2CCOCC2)CC1)N1CC=C(N2CCOCC2)CC1. The monoisotopic (exact) mass is 418 g/mol. The summed E-state index contributed by atoms with van der Waals surface area (Å²) in [5.41, 5.74) is 2.86. The molecule has 4 rings (SSSR count). The number of nitrogens with zero attached hydrogens (tertiary/aromatic N) is 4. The molecule has 0 radical (unpaired) electrons. The van der Waals surface area contributed by atoms with Gasteiger partial charge in [0.2, 0.25) is 0 Å². The summed E-state index contributed by atoms with van der Waals surface area (Å²) in [5.74, 6) is 0.349. The third kappa shape index (κ3) is 5.07. The Balaban J connectivity index is 1.27. The van der Waals surface area contributed by atoms with Crippen molar-refractivity contribution in [2.75, 3.05) is 78.8 Å². The minimum atomic E-state index is -0.0351. The summed E-state index contributed by atoms with van der Waals surface area (Å²) < 4.78 is 10.9. The van der Waals surface area contributed by atoms with Gasteiger partial charge in [-0.05, 0) is 26.7 Å². The van der Waals surface area contributed by atoms with Crippen LogP contribution in [0.25, 0.3) is 0 Å². The van der Waals surface area contributed by atoms with E-state index in [1.165, 1.54) is 11.4 Å². The Labute approximate surface area is 181 Å². The summed E-state index contributed by atoms with van der Waals surface area (Å²) in [6.07, 6.45) is 6.70. The van der Waals surface area contributed by atoms with Gasteiger partial charge in [0.1, 0.15) is 0 Å². The number of rotatable bonds is 6. The molecule has 0 aromatic rings. The van der Waals surface area contributed by atoms with Gasteiger partial charge in [-0.2, -0.15) is 0 Å². The molecule has 4 heterocycles. The molecule has 7 heteroatoms. The average molecular weight is 419 g/mol. The van der Waals surface area contributed by atoms with Crippen molar-refractivity contribution >= 4 is 5.78 Å². The number of ketones is 1. The van der Waals surface area contributed by atoms with E-state index in [1.54, 1.807) is 0 Å². The van der Waals surface area contributed by atoms with Crippen LogP contribution in [-0.2, 0) is 14.3 Å². The van der Waals surface area contributed by atoms with Crippen LogP contribution in [0, 0.1) is 0 Å². The molecule has 4 aliphatic rings. The number of morpholine rings is 2. The number of ether oxygens (including phenoxy) is 2. The first-order chi connectivity index (χ1) is 14.6. The van der Waals surface area contributed by atoms with Gasteiger partial charge < -0.3 is 19.3 Å². The number of Topliss-reactive ketones (excluding diaryl/α,β-unsaturated/α-hetero) is 1. The molecule has 2 atom stereocenters. The first-order valence-electron chi connectivity index (χ1n) is 11.7. The Kier molecular flexibility index (Phi) is 7.46. The van der Waals surface area contributed by atoms with Gasteiger partial charge >= 0.3 is 0 Å². The Hall–Kier alpha value is -1.41. The molecule has 4 aliphatic heterocycles. The van der Waals surface area contributed by atoms with Crippen molar-refractivity contribution in [3.05, 3.63) is 23.5 Å². The van der Waals surface area contributed by atoms with Gasteiger partial charge in [-0.3, -0.25) is 14.6 Å². The first-order valence-corrected chi connectivity index (χ1v) is 11.7. The van der Waals surface area contributed by atoms with Crippen LogP contribution >= 0.6 is 0 Å². The highest BCUT2D eigenvalue weighted by Crippen LogP contribution is 2.22. The molecule has 0 aromatic heterocycles. The van der Waals surface area contributed by atoms with Crippen molar-refractivity contribution in [2.45, 2.75) is 38.8 Å². The van der Waals surface area contributed by atoms with Crippen LogP contribution in [-0.4, -0.2) is 116 Å². The van der Waals surface area contributed by atoms with E-state index in [9.17, 15) is 4.79 Å². The second-order valence-corrected chi connectivity index (χ2v) is 8.83. The second kappa shape index (κ2) is 10.3. The molecular formula is C23H38N4O3. The minimum Gasteiger partial charge on any atom is -0.378 e. The highest BCUT2D eigenvalue weighted by atomic mass is 16.5. The predicted octanol–water partition coefficient (Wildman–Crippen LogP) is 1.18. The number of hydrogen-bond donors (Lipinski definition) is 0. The fourth-order valence-corrected chi connectivity index (χ4v) is 5.04. The summed E-state index contributed by atoms with van der Waals surface area (Å²) in [6, 6.07) is -0.0702. The molecule has 0 aliphatic carbocycles. The molecule has 0 N–H and O–H groups in total. The maximum atomic E-state index is 13.2. The van der Waals surface area contributed by atoms with E-state index in [-0.39, 0.29) is 12.1 Å². The molecule has 0 aromatic carbocycles. The van der Waals surface area contributed by atoms with E-state index in [0.29, 0.717) is 5.78 Å². The van der Waals surface area contributed by atoms with E-state index in [0.717, 1.165) is 91.6 Å². The molecule has 168 valence electrons. The Morgan fingerprint density at radius 2 is 1.13 bits per heavy atom. The summed E-state index contributed by atoms with van der Waals surface area (Å²) >= 11 is 0. The summed E-state index contributed by atoms with van der Waals surface area (Å²) in [5, 5.41) is 0. The van der Waals surface area contributed by atoms with E-state index >= 15 is 0 Å². The maximum absolute atomic E-state index is 13.2. The van der Waals surface area contributed by atoms with Crippen molar-refractivity contribution in [1.82, 2.24) is 19.6 Å². The zero-order chi connectivity index (χ0) is 20.9. The second-order valence-electron chi connectivity index (χ2n) is 8.83. The number of carbonyl (C=O) groups is 1. The smallest absolute Gasteiger partial charge is 0.166 e. The molecule has 0 saturated carbocycles. The Morgan fingerprint density at radius 3 is 1.47 bits per heavy atom. The Bertz CT molecular complexity index is 599. The molecular weight excluding hydrogens is 380 g/mol. The van der Waals surface area contributed by atoms with Gasteiger partial charge in [0.25, 0.3) is 0 Å². The van der Waals surface area contributed by atoms with Crippen molar-refractivity contribution in [1.29, 1.82) is 0 Å². The maximum Gasteiger partial charge on any atom is 0.166 e. The lowest BCUT2D eigenvalue weighted by Crippen LogP contribution is -2.52. The van der Waals surface area contributed by atoms with Gasteiger partial charge in [0.15, 0.2) is 5.78 Å². The van der Waals surface area contributed by atoms with E-state index < -0.39 is 0 Å². The molecule has 0 bridgehead atoms. The molecule has 2 saturated heterocycles. The van der Waals surface area contributed by atoms with Gasteiger partial charge in [0.05, 0.1) is 38.5 Å². The number of carbonyl (C=O) groups excluding carboxylic acids is 1. The molecule has 0 spiro atoms. The van der Waals surface area contributed by atoms with Crippen LogP contribution in [0.15, 0.2) is 23.5 Å². The van der Waals surface area contributed by atoms with Crippen LogP contribution in [0.4, 0.5) is 0 Å². The van der Waals surface area contributed by atoms with Crippen molar-refractivity contribution in [3.63, 3.8) is 0 Å². The largest absolute Gasteiger partial charge is 0.378 e. The predicted molar refractivity (Wildman–Crippen MR) is 117 cm³/mol. The Morgan fingerprint density at radius 1 is 0.733 bits per heavy atom.